The third-order valence-electron chi connectivity index (χ3n) is 4.03. The number of nitrogens with zero attached hydrogens (tertiary/aromatic N) is 2. The van der Waals surface area contributed by atoms with Gasteiger partial charge in [-0.2, -0.15) is 5.10 Å². The molecule has 0 spiro atoms. The molecule has 0 radical (unpaired) electrons. The Bertz CT molecular complexity index is 342. The van der Waals surface area contributed by atoms with Crippen LogP contribution in [0.3, 0.4) is 0 Å². The predicted octanol–water partition coefficient (Wildman–Crippen LogP) is 4.74. The zero-order valence-electron chi connectivity index (χ0n) is 11.4. The summed E-state index contributed by atoms with van der Waals surface area (Å²) in [5.41, 5.74) is 1.28. The Morgan fingerprint density at radius 1 is 1.39 bits per heavy atom. The predicted molar refractivity (Wildman–Crippen MR) is 80.2 cm³/mol. The first-order chi connectivity index (χ1) is 8.83. The normalized spacial score (nSPS) is 19.0. The van der Waals surface area contributed by atoms with Gasteiger partial charge in [0.05, 0.1) is 11.7 Å². The van der Waals surface area contributed by atoms with Crippen LogP contribution >= 0.6 is 15.9 Å². The standard InChI is InChI=1S/C15H25BrN2/c1-2-6-13(12-16)11-14-9-10-18(17-14)15-7-4-3-5-8-15/h9-10,13,15H,2-8,11-12H2,1H3. The summed E-state index contributed by atoms with van der Waals surface area (Å²) in [7, 11) is 0. The molecule has 1 aromatic rings. The van der Waals surface area contributed by atoms with Gasteiger partial charge in [0, 0.05) is 11.5 Å². The van der Waals surface area contributed by atoms with Crippen molar-refractivity contribution in [3.8, 4) is 0 Å². The van der Waals surface area contributed by atoms with E-state index in [1.807, 2.05) is 0 Å². The van der Waals surface area contributed by atoms with Crippen LogP contribution in [0.2, 0.25) is 0 Å². The highest BCUT2D eigenvalue weighted by Crippen LogP contribution is 2.27. The first kappa shape index (κ1) is 14.1. The van der Waals surface area contributed by atoms with Gasteiger partial charge in [0.1, 0.15) is 0 Å². The fourth-order valence-electron chi connectivity index (χ4n) is 2.97. The Balaban J connectivity index is 1.92. The average Bonchev–Trinajstić information content (AvgIpc) is 2.88. The highest BCUT2D eigenvalue weighted by Gasteiger charge is 2.16. The van der Waals surface area contributed by atoms with E-state index in [4.69, 9.17) is 5.10 Å². The fraction of sp³-hybridized carbons (Fsp3) is 0.800. The molecule has 1 aliphatic rings. The van der Waals surface area contributed by atoms with E-state index in [-0.39, 0.29) is 0 Å². The number of hydrogen-bond donors (Lipinski definition) is 0. The smallest absolute Gasteiger partial charge is 0.0627 e. The van der Waals surface area contributed by atoms with Crippen molar-refractivity contribution in [3.63, 3.8) is 0 Å². The molecule has 0 N–H and O–H groups in total. The lowest BCUT2D eigenvalue weighted by Gasteiger charge is -2.21. The zero-order chi connectivity index (χ0) is 12.8. The van der Waals surface area contributed by atoms with Crippen molar-refractivity contribution in [1.82, 2.24) is 9.78 Å². The fourth-order valence-corrected chi connectivity index (χ4v) is 3.53. The zero-order valence-corrected chi connectivity index (χ0v) is 13.0. The lowest BCUT2D eigenvalue weighted by molar-refractivity contribution is 0.327. The van der Waals surface area contributed by atoms with Crippen molar-refractivity contribution in [2.24, 2.45) is 5.92 Å². The molecule has 0 aromatic carbocycles. The maximum absolute atomic E-state index is 4.80. The van der Waals surface area contributed by atoms with Crippen molar-refractivity contribution < 1.29 is 0 Å². The molecule has 1 atom stereocenters. The highest BCUT2D eigenvalue weighted by atomic mass is 79.9. The van der Waals surface area contributed by atoms with Gasteiger partial charge >= 0.3 is 0 Å². The van der Waals surface area contributed by atoms with Crippen molar-refractivity contribution in [1.29, 1.82) is 0 Å². The van der Waals surface area contributed by atoms with Gasteiger partial charge < -0.3 is 0 Å². The second-order valence-corrected chi connectivity index (χ2v) is 6.24. The van der Waals surface area contributed by atoms with Crippen LogP contribution in [0.5, 0.6) is 0 Å². The molecule has 1 fully saturated rings. The third-order valence-corrected chi connectivity index (χ3v) is 4.94. The molecule has 1 aromatic heterocycles. The largest absolute Gasteiger partial charge is 0.269 e. The summed E-state index contributed by atoms with van der Waals surface area (Å²) >= 11 is 3.62. The van der Waals surface area contributed by atoms with Crippen LogP contribution in [0.4, 0.5) is 0 Å². The van der Waals surface area contributed by atoms with E-state index >= 15 is 0 Å². The van der Waals surface area contributed by atoms with Gasteiger partial charge in [-0.25, -0.2) is 0 Å². The van der Waals surface area contributed by atoms with Crippen molar-refractivity contribution in [2.45, 2.75) is 64.3 Å². The lowest BCUT2D eigenvalue weighted by Crippen LogP contribution is -2.14. The summed E-state index contributed by atoms with van der Waals surface area (Å²) in [5, 5.41) is 5.89. The molecule has 0 saturated heterocycles. The van der Waals surface area contributed by atoms with Crippen LogP contribution in [0.1, 0.15) is 63.6 Å². The topological polar surface area (TPSA) is 17.8 Å². The number of halogens is 1. The quantitative estimate of drug-likeness (QED) is 0.694. The summed E-state index contributed by atoms with van der Waals surface area (Å²) in [4.78, 5) is 0. The van der Waals surface area contributed by atoms with Crippen LogP contribution < -0.4 is 0 Å². The summed E-state index contributed by atoms with van der Waals surface area (Å²) in [6.07, 6.45) is 12.7. The van der Waals surface area contributed by atoms with Crippen LogP contribution in [-0.2, 0) is 6.42 Å². The highest BCUT2D eigenvalue weighted by molar-refractivity contribution is 9.09. The van der Waals surface area contributed by atoms with Gasteiger partial charge in [0.25, 0.3) is 0 Å². The van der Waals surface area contributed by atoms with E-state index in [2.05, 4.69) is 39.8 Å². The molecule has 0 aliphatic heterocycles. The molecule has 3 heteroatoms. The SMILES string of the molecule is CCCC(CBr)Cc1ccn(C2CCCCC2)n1. The maximum Gasteiger partial charge on any atom is 0.0627 e. The Morgan fingerprint density at radius 3 is 2.83 bits per heavy atom. The molecule has 1 aliphatic carbocycles. The van der Waals surface area contributed by atoms with Gasteiger partial charge in [-0.05, 0) is 37.7 Å². The number of hydrogen-bond acceptors (Lipinski definition) is 1. The summed E-state index contributed by atoms with van der Waals surface area (Å²) in [6.45, 7) is 2.26. The average molecular weight is 313 g/mol. The first-order valence-electron chi connectivity index (χ1n) is 7.43. The molecule has 102 valence electrons. The molecule has 1 saturated carbocycles. The van der Waals surface area contributed by atoms with Gasteiger partial charge in [0.15, 0.2) is 0 Å². The molecule has 1 unspecified atom stereocenters. The van der Waals surface area contributed by atoms with Crippen molar-refractivity contribution in [2.75, 3.05) is 5.33 Å². The minimum atomic E-state index is 0.668. The Kier molecular flexibility index (Phi) is 5.74. The van der Waals surface area contributed by atoms with E-state index in [0.717, 1.165) is 17.7 Å². The Hall–Kier alpha value is -0.310. The van der Waals surface area contributed by atoms with Gasteiger partial charge in [-0.1, -0.05) is 48.5 Å². The molecule has 2 rings (SSSR count). The van der Waals surface area contributed by atoms with Crippen LogP contribution in [0.15, 0.2) is 12.3 Å². The van der Waals surface area contributed by atoms with Gasteiger partial charge in [-0.3, -0.25) is 4.68 Å². The number of rotatable bonds is 6. The first-order valence-corrected chi connectivity index (χ1v) is 8.55. The molecule has 2 nitrogen and oxygen atoms in total. The molecular formula is C15H25BrN2. The summed E-state index contributed by atoms with van der Waals surface area (Å²) in [6, 6.07) is 2.89. The van der Waals surface area contributed by atoms with E-state index in [1.165, 1.54) is 50.6 Å². The minimum absolute atomic E-state index is 0.668. The van der Waals surface area contributed by atoms with E-state index in [0.29, 0.717) is 6.04 Å². The molecule has 18 heavy (non-hydrogen) atoms. The third kappa shape index (κ3) is 3.84. The van der Waals surface area contributed by atoms with Crippen LogP contribution in [-0.4, -0.2) is 15.1 Å². The van der Waals surface area contributed by atoms with Gasteiger partial charge in [0.2, 0.25) is 0 Å². The number of alkyl halides is 1. The maximum atomic E-state index is 4.80. The van der Waals surface area contributed by atoms with E-state index < -0.39 is 0 Å². The second-order valence-electron chi connectivity index (χ2n) is 5.59. The van der Waals surface area contributed by atoms with Crippen LogP contribution in [0, 0.1) is 5.92 Å². The van der Waals surface area contributed by atoms with Crippen molar-refractivity contribution >= 4 is 15.9 Å². The monoisotopic (exact) mass is 312 g/mol. The Labute approximate surface area is 119 Å². The Morgan fingerprint density at radius 2 is 2.17 bits per heavy atom. The molecule has 1 heterocycles. The van der Waals surface area contributed by atoms with E-state index in [1.54, 1.807) is 0 Å². The lowest BCUT2D eigenvalue weighted by atomic mass is 9.96. The summed E-state index contributed by atoms with van der Waals surface area (Å²) in [5.74, 6) is 0.740. The number of aromatic nitrogens is 2. The molecule has 0 bridgehead atoms. The second kappa shape index (κ2) is 7.32. The van der Waals surface area contributed by atoms with Crippen LogP contribution in [0.25, 0.3) is 0 Å². The minimum Gasteiger partial charge on any atom is -0.269 e. The van der Waals surface area contributed by atoms with E-state index in [9.17, 15) is 0 Å². The van der Waals surface area contributed by atoms with Crippen molar-refractivity contribution in [3.05, 3.63) is 18.0 Å². The summed E-state index contributed by atoms with van der Waals surface area (Å²) < 4.78 is 2.23. The van der Waals surface area contributed by atoms with Gasteiger partial charge in [-0.15, -0.1) is 0 Å². The molecular weight excluding hydrogens is 288 g/mol. The molecule has 0 amide bonds.